The maximum Gasteiger partial charge on any atom is 0.316 e. The van der Waals surface area contributed by atoms with E-state index in [1.54, 1.807) is 18.2 Å². The Morgan fingerprint density at radius 3 is 3.00 bits per heavy atom. The van der Waals surface area contributed by atoms with E-state index in [0.717, 1.165) is 32.4 Å². The molecule has 1 atom stereocenters. The first-order chi connectivity index (χ1) is 9.67. The second kappa shape index (κ2) is 6.53. The van der Waals surface area contributed by atoms with Crippen LogP contribution in [0.25, 0.3) is 0 Å². The van der Waals surface area contributed by atoms with Crippen LogP contribution in [0.1, 0.15) is 19.3 Å². The fourth-order valence-electron chi connectivity index (χ4n) is 2.80. The molecule has 2 rings (SSSR count). The van der Waals surface area contributed by atoms with Gasteiger partial charge in [0.15, 0.2) is 0 Å². The van der Waals surface area contributed by atoms with Crippen LogP contribution in [0.15, 0.2) is 18.2 Å². The van der Waals surface area contributed by atoms with Gasteiger partial charge in [0.1, 0.15) is 11.4 Å². The standard InChI is InChI=1S/C13H20N4O3/c14-15-11-4-1-5-12(13(11)17(19)20)16-7-2-3-10(9-16)6-8-18/h1,4-5,10,15,18H,2-3,6-9,14H2. The number of nitrogens with zero attached hydrogens (tertiary/aromatic N) is 2. The average molecular weight is 280 g/mol. The molecule has 0 saturated carbocycles. The van der Waals surface area contributed by atoms with Gasteiger partial charge in [-0.1, -0.05) is 6.07 Å². The monoisotopic (exact) mass is 280 g/mol. The van der Waals surface area contributed by atoms with Gasteiger partial charge in [-0.05, 0) is 37.3 Å². The molecule has 1 unspecified atom stereocenters. The number of aliphatic hydroxyl groups excluding tert-OH is 1. The highest BCUT2D eigenvalue weighted by Gasteiger charge is 2.27. The molecule has 4 N–H and O–H groups in total. The highest BCUT2D eigenvalue weighted by atomic mass is 16.6. The lowest BCUT2D eigenvalue weighted by molar-refractivity contribution is -0.383. The SMILES string of the molecule is NNc1cccc(N2CCCC(CCO)C2)c1[N+](=O)[O-]. The van der Waals surface area contributed by atoms with E-state index < -0.39 is 4.92 Å². The number of anilines is 2. The van der Waals surface area contributed by atoms with Crippen molar-refractivity contribution in [1.82, 2.24) is 0 Å². The third-order valence-electron chi connectivity index (χ3n) is 3.75. The molecular weight excluding hydrogens is 260 g/mol. The number of benzene rings is 1. The summed E-state index contributed by atoms with van der Waals surface area (Å²) in [7, 11) is 0. The summed E-state index contributed by atoms with van der Waals surface area (Å²) in [5.74, 6) is 5.73. The van der Waals surface area contributed by atoms with E-state index >= 15 is 0 Å². The maximum absolute atomic E-state index is 11.3. The normalized spacial score (nSPS) is 18.9. The molecule has 1 aliphatic heterocycles. The Morgan fingerprint density at radius 1 is 1.55 bits per heavy atom. The van der Waals surface area contributed by atoms with Gasteiger partial charge in [-0.15, -0.1) is 0 Å². The van der Waals surface area contributed by atoms with Gasteiger partial charge >= 0.3 is 5.69 Å². The van der Waals surface area contributed by atoms with Crippen LogP contribution in [-0.2, 0) is 0 Å². The van der Waals surface area contributed by atoms with Crippen molar-refractivity contribution in [2.45, 2.75) is 19.3 Å². The summed E-state index contributed by atoms with van der Waals surface area (Å²) in [5, 5.41) is 20.3. The zero-order chi connectivity index (χ0) is 14.5. The minimum atomic E-state index is -0.403. The van der Waals surface area contributed by atoms with Crippen LogP contribution in [0, 0.1) is 16.0 Å². The van der Waals surface area contributed by atoms with E-state index in [2.05, 4.69) is 5.43 Å². The number of nitrogen functional groups attached to an aromatic ring is 1. The van der Waals surface area contributed by atoms with Crippen molar-refractivity contribution < 1.29 is 10.0 Å². The van der Waals surface area contributed by atoms with E-state index in [9.17, 15) is 10.1 Å². The van der Waals surface area contributed by atoms with Gasteiger partial charge in [0.2, 0.25) is 0 Å². The number of nitrogens with one attached hydrogen (secondary N) is 1. The maximum atomic E-state index is 11.3. The Balaban J connectivity index is 2.29. The number of nitro groups is 1. The number of hydrazine groups is 1. The number of rotatable bonds is 5. The van der Waals surface area contributed by atoms with E-state index in [1.807, 2.05) is 4.90 Å². The van der Waals surface area contributed by atoms with Crippen molar-refractivity contribution in [1.29, 1.82) is 0 Å². The quantitative estimate of drug-likeness (QED) is 0.428. The third-order valence-corrected chi connectivity index (χ3v) is 3.75. The van der Waals surface area contributed by atoms with Gasteiger partial charge in [0, 0.05) is 19.7 Å². The van der Waals surface area contributed by atoms with Crippen molar-refractivity contribution in [2.75, 3.05) is 30.0 Å². The second-order valence-electron chi connectivity index (χ2n) is 5.04. The molecule has 7 heteroatoms. The van der Waals surface area contributed by atoms with Gasteiger partial charge < -0.3 is 15.4 Å². The summed E-state index contributed by atoms with van der Waals surface area (Å²) < 4.78 is 0. The molecule has 20 heavy (non-hydrogen) atoms. The summed E-state index contributed by atoms with van der Waals surface area (Å²) in [6.45, 7) is 1.68. The highest BCUT2D eigenvalue weighted by molar-refractivity contribution is 5.76. The Bertz CT molecular complexity index is 479. The summed E-state index contributed by atoms with van der Waals surface area (Å²) in [6.07, 6.45) is 2.76. The second-order valence-corrected chi connectivity index (χ2v) is 5.04. The van der Waals surface area contributed by atoms with Gasteiger partial charge in [0.05, 0.1) is 4.92 Å². The van der Waals surface area contributed by atoms with Gasteiger partial charge in [-0.2, -0.15) is 0 Å². The number of piperidine rings is 1. The zero-order valence-corrected chi connectivity index (χ0v) is 11.3. The Labute approximate surface area is 117 Å². The van der Waals surface area contributed by atoms with E-state index in [-0.39, 0.29) is 12.3 Å². The molecule has 1 fully saturated rings. The predicted octanol–water partition coefficient (Wildman–Crippen LogP) is 1.48. The topological polar surface area (TPSA) is 105 Å². The van der Waals surface area contributed by atoms with Gasteiger partial charge in [-0.3, -0.25) is 16.0 Å². The Morgan fingerprint density at radius 2 is 2.35 bits per heavy atom. The van der Waals surface area contributed by atoms with Crippen molar-refractivity contribution in [2.24, 2.45) is 11.8 Å². The summed E-state index contributed by atoms with van der Waals surface area (Å²) in [4.78, 5) is 12.9. The fourth-order valence-corrected chi connectivity index (χ4v) is 2.80. The van der Waals surface area contributed by atoms with Gasteiger partial charge in [-0.25, -0.2) is 0 Å². The smallest absolute Gasteiger partial charge is 0.316 e. The number of nitrogens with two attached hydrogens (primary N) is 1. The van der Waals surface area contributed by atoms with Crippen LogP contribution in [0.4, 0.5) is 17.1 Å². The lowest BCUT2D eigenvalue weighted by Gasteiger charge is -2.34. The Kier molecular flexibility index (Phi) is 4.75. The van der Waals surface area contributed by atoms with Crippen LogP contribution in [0.2, 0.25) is 0 Å². The van der Waals surface area contributed by atoms with Crippen molar-refractivity contribution in [3.8, 4) is 0 Å². The number of hydrogen-bond donors (Lipinski definition) is 3. The van der Waals surface area contributed by atoms with E-state index in [4.69, 9.17) is 10.9 Å². The molecule has 7 nitrogen and oxygen atoms in total. The summed E-state index contributed by atoms with van der Waals surface area (Å²) >= 11 is 0. The molecule has 0 radical (unpaired) electrons. The molecule has 0 aromatic heterocycles. The molecule has 0 spiro atoms. The molecule has 1 heterocycles. The molecule has 1 aromatic carbocycles. The molecule has 1 aliphatic rings. The minimum absolute atomic E-state index is 0.0136. The number of para-hydroxylation sites is 1. The molecule has 1 aromatic rings. The molecule has 0 aliphatic carbocycles. The number of aliphatic hydroxyl groups is 1. The van der Waals surface area contributed by atoms with Crippen LogP contribution < -0.4 is 16.2 Å². The Hall–Kier alpha value is -1.86. The summed E-state index contributed by atoms with van der Waals surface area (Å²) in [6, 6.07) is 5.10. The number of hydrogen-bond acceptors (Lipinski definition) is 6. The number of nitro benzene ring substituents is 1. The lowest BCUT2D eigenvalue weighted by Crippen LogP contribution is -2.36. The fraction of sp³-hybridized carbons (Fsp3) is 0.538. The first kappa shape index (κ1) is 14.5. The molecule has 1 saturated heterocycles. The van der Waals surface area contributed by atoms with Crippen LogP contribution in [0.3, 0.4) is 0 Å². The van der Waals surface area contributed by atoms with Crippen molar-refractivity contribution in [3.63, 3.8) is 0 Å². The van der Waals surface area contributed by atoms with Crippen LogP contribution in [0.5, 0.6) is 0 Å². The van der Waals surface area contributed by atoms with E-state index in [0.29, 0.717) is 17.3 Å². The largest absolute Gasteiger partial charge is 0.396 e. The molecule has 110 valence electrons. The first-order valence-electron chi connectivity index (χ1n) is 6.77. The van der Waals surface area contributed by atoms with E-state index in [1.165, 1.54) is 0 Å². The van der Waals surface area contributed by atoms with Crippen LogP contribution in [-0.4, -0.2) is 29.7 Å². The lowest BCUT2D eigenvalue weighted by atomic mass is 9.94. The molecular formula is C13H20N4O3. The van der Waals surface area contributed by atoms with Crippen molar-refractivity contribution >= 4 is 17.1 Å². The molecule has 0 amide bonds. The third kappa shape index (κ3) is 3.00. The van der Waals surface area contributed by atoms with Crippen LogP contribution >= 0.6 is 0 Å². The zero-order valence-electron chi connectivity index (χ0n) is 11.3. The first-order valence-corrected chi connectivity index (χ1v) is 6.77. The minimum Gasteiger partial charge on any atom is -0.396 e. The molecule has 0 bridgehead atoms. The summed E-state index contributed by atoms with van der Waals surface area (Å²) in [5.41, 5.74) is 3.31. The highest BCUT2D eigenvalue weighted by Crippen LogP contribution is 2.37. The van der Waals surface area contributed by atoms with Gasteiger partial charge in [0.25, 0.3) is 0 Å². The average Bonchev–Trinajstić information content (AvgIpc) is 2.47. The van der Waals surface area contributed by atoms with Crippen molar-refractivity contribution in [3.05, 3.63) is 28.3 Å². The predicted molar refractivity (Wildman–Crippen MR) is 77.5 cm³/mol.